The first-order valence-corrected chi connectivity index (χ1v) is 9.53. The second-order valence-corrected chi connectivity index (χ2v) is 7.22. The van der Waals surface area contributed by atoms with Gasteiger partial charge in [0.05, 0.1) is 12.1 Å². The van der Waals surface area contributed by atoms with Crippen molar-refractivity contribution in [3.05, 3.63) is 71.5 Å². The Bertz CT molecular complexity index is 974. The Balaban J connectivity index is 1.40. The van der Waals surface area contributed by atoms with E-state index in [9.17, 15) is 9.90 Å². The maximum absolute atomic E-state index is 11.4. The fourth-order valence-corrected chi connectivity index (χ4v) is 3.73. The van der Waals surface area contributed by atoms with E-state index in [1.165, 1.54) is 0 Å². The molecule has 2 aromatic heterocycles. The number of hydrogen-bond acceptors (Lipinski definition) is 5. The molecule has 0 amide bonds. The number of piperidine rings is 1. The molecule has 0 atom stereocenters. The van der Waals surface area contributed by atoms with Crippen LogP contribution in [0.3, 0.4) is 0 Å². The van der Waals surface area contributed by atoms with E-state index in [-0.39, 0.29) is 5.56 Å². The van der Waals surface area contributed by atoms with E-state index < -0.39 is 5.97 Å². The summed E-state index contributed by atoms with van der Waals surface area (Å²) < 4.78 is 5.96. The van der Waals surface area contributed by atoms with Crippen LogP contribution >= 0.6 is 0 Å². The number of carboxylic acid groups (broad SMARTS) is 1. The van der Waals surface area contributed by atoms with Gasteiger partial charge >= 0.3 is 5.97 Å². The van der Waals surface area contributed by atoms with Gasteiger partial charge in [-0.25, -0.2) is 14.8 Å². The van der Waals surface area contributed by atoms with Crippen LogP contribution < -0.4 is 0 Å². The van der Waals surface area contributed by atoms with Crippen molar-refractivity contribution in [2.24, 2.45) is 0 Å². The fourth-order valence-electron chi connectivity index (χ4n) is 3.73. The van der Waals surface area contributed by atoms with Crippen molar-refractivity contribution < 1.29 is 14.3 Å². The number of rotatable bonds is 5. The standard InChI is InChI=1S/C22H23N3O3/c1-15-8-11-23-21(24-15)16-9-12-25(13-10-16)14-17-6-7-20(28-17)18-4-2-3-5-19(18)22(26)27/h2-8,11,16H,9-10,12-14H2,1H3,(H,26,27). The first-order chi connectivity index (χ1) is 13.6. The molecule has 0 spiro atoms. The third-order valence-electron chi connectivity index (χ3n) is 5.23. The van der Waals surface area contributed by atoms with E-state index >= 15 is 0 Å². The fraction of sp³-hybridized carbons (Fsp3) is 0.318. The zero-order chi connectivity index (χ0) is 19.5. The van der Waals surface area contributed by atoms with Crippen molar-refractivity contribution in [1.29, 1.82) is 0 Å². The minimum atomic E-state index is -0.950. The van der Waals surface area contributed by atoms with Gasteiger partial charge in [-0.2, -0.15) is 0 Å². The average Bonchev–Trinajstić information content (AvgIpc) is 3.17. The van der Waals surface area contributed by atoms with Crippen molar-refractivity contribution >= 4 is 5.97 Å². The van der Waals surface area contributed by atoms with Gasteiger partial charge in [0, 0.05) is 23.4 Å². The number of hydrogen-bond donors (Lipinski definition) is 1. The van der Waals surface area contributed by atoms with Crippen LogP contribution in [0.1, 0.15) is 46.4 Å². The molecule has 0 bridgehead atoms. The summed E-state index contributed by atoms with van der Waals surface area (Å²) in [6.07, 6.45) is 3.89. The lowest BCUT2D eigenvalue weighted by Gasteiger charge is -2.30. The molecule has 6 heteroatoms. The minimum Gasteiger partial charge on any atom is -0.478 e. The monoisotopic (exact) mass is 377 g/mol. The van der Waals surface area contributed by atoms with Crippen LogP contribution in [0.25, 0.3) is 11.3 Å². The van der Waals surface area contributed by atoms with Crippen LogP contribution in [0.4, 0.5) is 0 Å². The first kappa shape index (κ1) is 18.4. The summed E-state index contributed by atoms with van der Waals surface area (Å²) in [4.78, 5) is 22.8. The number of aromatic carboxylic acids is 1. The Kier molecular flexibility index (Phi) is 5.21. The molecule has 0 unspecified atom stereocenters. The number of aryl methyl sites for hydroxylation is 1. The SMILES string of the molecule is Cc1ccnc(C2CCN(Cc3ccc(-c4ccccc4C(=O)O)o3)CC2)n1. The summed E-state index contributed by atoms with van der Waals surface area (Å²) in [5.41, 5.74) is 1.87. The normalized spacial score (nSPS) is 15.6. The Morgan fingerprint density at radius 1 is 1.18 bits per heavy atom. The Labute approximate surface area is 163 Å². The van der Waals surface area contributed by atoms with Gasteiger partial charge in [-0.05, 0) is 57.1 Å². The number of likely N-dealkylation sites (tertiary alicyclic amines) is 1. The third-order valence-corrected chi connectivity index (χ3v) is 5.23. The van der Waals surface area contributed by atoms with Crippen LogP contribution in [0.5, 0.6) is 0 Å². The number of aromatic nitrogens is 2. The van der Waals surface area contributed by atoms with Gasteiger partial charge < -0.3 is 9.52 Å². The molecule has 3 aromatic rings. The lowest BCUT2D eigenvalue weighted by molar-refractivity contribution is 0.0697. The molecule has 0 radical (unpaired) electrons. The summed E-state index contributed by atoms with van der Waals surface area (Å²) in [7, 11) is 0. The van der Waals surface area contributed by atoms with Gasteiger partial charge in [0.1, 0.15) is 17.3 Å². The zero-order valence-corrected chi connectivity index (χ0v) is 15.8. The third kappa shape index (κ3) is 3.97. The molecule has 4 rings (SSSR count). The van der Waals surface area contributed by atoms with Crippen LogP contribution in [-0.4, -0.2) is 39.0 Å². The van der Waals surface area contributed by atoms with E-state index in [2.05, 4.69) is 14.9 Å². The molecule has 28 heavy (non-hydrogen) atoms. The van der Waals surface area contributed by atoms with E-state index in [1.807, 2.05) is 37.4 Å². The molecule has 6 nitrogen and oxygen atoms in total. The van der Waals surface area contributed by atoms with Gasteiger partial charge in [0.2, 0.25) is 0 Å². The van der Waals surface area contributed by atoms with Crippen molar-refractivity contribution in [1.82, 2.24) is 14.9 Å². The Morgan fingerprint density at radius 2 is 1.96 bits per heavy atom. The molecule has 1 N–H and O–H groups in total. The molecule has 144 valence electrons. The second-order valence-electron chi connectivity index (χ2n) is 7.22. The van der Waals surface area contributed by atoms with Crippen LogP contribution in [0.15, 0.2) is 53.1 Å². The summed E-state index contributed by atoms with van der Waals surface area (Å²) in [5.74, 6) is 1.85. The van der Waals surface area contributed by atoms with Crippen molar-refractivity contribution in [3.63, 3.8) is 0 Å². The van der Waals surface area contributed by atoms with Gasteiger partial charge in [0.15, 0.2) is 0 Å². The van der Waals surface area contributed by atoms with Crippen molar-refractivity contribution in [2.75, 3.05) is 13.1 Å². The minimum absolute atomic E-state index is 0.252. The Morgan fingerprint density at radius 3 is 2.71 bits per heavy atom. The maximum atomic E-state index is 11.4. The van der Waals surface area contributed by atoms with E-state index in [0.29, 0.717) is 17.2 Å². The Hall–Kier alpha value is -2.99. The highest BCUT2D eigenvalue weighted by atomic mass is 16.4. The molecule has 3 heterocycles. The highest BCUT2D eigenvalue weighted by Crippen LogP contribution is 2.29. The summed E-state index contributed by atoms with van der Waals surface area (Å²) >= 11 is 0. The topological polar surface area (TPSA) is 79.5 Å². The largest absolute Gasteiger partial charge is 0.478 e. The second kappa shape index (κ2) is 7.94. The van der Waals surface area contributed by atoms with Crippen LogP contribution in [-0.2, 0) is 6.54 Å². The van der Waals surface area contributed by atoms with Crippen molar-refractivity contribution in [2.45, 2.75) is 32.2 Å². The van der Waals surface area contributed by atoms with Gasteiger partial charge in [-0.15, -0.1) is 0 Å². The molecule has 1 fully saturated rings. The molecule has 0 saturated carbocycles. The number of nitrogens with zero attached hydrogens (tertiary/aromatic N) is 3. The molecule has 1 saturated heterocycles. The summed E-state index contributed by atoms with van der Waals surface area (Å²) in [6, 6.07) is 12.6. The number of benzene rings is 1. The number of furan rings is 1. The highest BCUT2D eigenvalue weighted by Gasteiger charge is 2.23. The van der Waals surface area contributed by atoms with E-state index in [0.717, 1.165) is 49.8 Å². The average molecular weight is 377 g/mol. The summed E-state index contributed by atoms with van der Waals surface area (Å²) in [6.45, 7) is 4.64. The molecular weight excluding hydrogens is 354 g/mol. The lowest BCUT2D eigenvalue weighted by atomic mass is 9.96. The maximum Gasteiger partial charge on any atom is 0.336 e. The molecule has 1 aliphatic rings. The van der Waals surface area contributed by atoms with Gasteiger partial charge in [-0.3, -0.25) is 4.90 Å². The van der Waals surface area contributed by atoms with Crippen LogP contribution in [0, 0.1) is 6.92 Å². The van der Waals surface area contributed by atoms with Crippen molar-refractivity contribution in [3.8, 4) is 11.3 Å². The lowest BCUT2D eigenvalue weighted by Crippen LogP contribution is -2.32. The first-order valence-electron chi connectivity index (χ1n) is 9.53. The molecule has 1 aliphatic heterocycles. The predicted molar refractivity (Wildman–Crippen MR) is 105 cm³/mol. The molecular formula is C22H23N3O3. The molecule has 0 aliphatic carbocycles. The quantitative estimate of drug-likeness (QED) is 0.720. The highest BCUT2D eigenvalue weighted by molar-refractivity contribution is 5.95. The number of carboxylic acids is 1. The van der Waals surface area contributed by atoms with E-state index in [1.54, 1.807) is 18.2 Å². The van der Waals surface area contributed by atoms with Gasteiger partial charge in [0.25, 0.3) is 0 Å². The molecule has 1 aromatic carbocycles. The predicted octanol–water partition coefficient (Wildman–Crippen LogP) is 4.12. The van der Waals surface area contributed by atoms with E-state index in [4.69, 9.17) is 4.42 Å². The summed E-state index contributed by atoms with van der Waals surface area (Å²) in [5, 5.41) is 9.37. The van der Waals surface area contributed by atoms with Gasteiger partial charge in [-0.1, -0.05) is 18.2 Å². The smallest absolute Gasteiger partial charge is 0.336 e. The zero-order valence-electron chi connectivity index (χ0n) is 15.8. The number of carbonyl (C=O) groups is 1. The van der Waals surface area contributed by atoms with Crippen LogP contribution in [0.2, 0.25) is 0 Å².